The Bertz CT molecular complexity index is 382. The maximum absolute atomic E-state index is 13.2. The number of aliphatic hydroxyl groups is 1. The lowest BCUT2D eigenvalue weighted by atomic mass is 9.94. The number of aliphatic hydroxyl groups excluding tert-OH is 1. The molecular weight excluding hydrogens is 219 g/mol. The van der Waals surface area contributed by atoms with E-state index in [1.54, 1.807) is 6.07 Å². The monoisotopic (exact) mass is 238 g/mol. The Hall–Kier alpha value is -1.29. The molecule has 17 heavy (non-hydrogen) atoms. The van der Waals surface area contributed by atoms with E-state index < -0.39 is 0 Å². The second-order valence-electron chi connectivity index (χ2n) is 4.67. The second kappa shape index (κ2) is 5.36. The van der Waals surface area contributed by atoms with E-state index in [-0.39, 0.29) is 12.4 Å². The highest BCUT2D eigenvalue weighted by Crippen LogP contribution is 2.29. The lowest BCUT2D eigenvalue weighted by molar-refractivity contribution is 0.244. The molecule has 0 saturated carbocycles. The van der Waals surface area contributed by atoms with Crippen molar-refractivity contribution in [3.05, 3.63) is 24.0 Å². The summed E-state index contributed by atoms with van der Waals surface area (Å²) in [6.45, 7) is 1.99. The van der Waals surface area contributed by atoms with Crippen molar-refractivity contribution in [1.82, 2.24) is 0 Å². The third-order valence-corrected chi connectivity index (χ3v) is 3.39. The lowest BCUT2D eigenvalue weighted by Gasteiger charge is -2.34. The maximum Gasteiger partial charge on any atom is 0.125 e. The van der Waals surface area contributed by atoms with E-state index in [9.17, 15) is 4.39 Å². The fraction of sp³-hybridized carbons (Fsp3) is 0.538. The minimum atomic E-state index is -0.251. The summed E-state index contributed by atoms with van der Waals surface area (Å²) in [4.78, 5) is 2.13. The summed E-state index contributed by atoms with van der Waals surface area (Å²) in [7, 11) is 0. The van der Waals surface area contributed by atoms with Gasteiger partial charge in [-0.15, -0.1) is 0 Å². The van der Waals surface area contributed by atoms with E-state index in [0.29, 0.717) is 11.6 Å². The van der Waals surface area contributed by atoms with Gasteiger partial charge in [-0.3, -0.25) is 0 Å². The Labute approximate surface area is 101 Å². The van der Waals surface area contributed by atoms with Gasteiger partial charge in [0.2, 0.25) is 0 Å². The largest absolute Gasteiger partial charge is 0.397 e. The second-order valence-corrected chi connectivity index (χ2v) is 4.67. The van der Waals surface area contributed by atoms with E-state index in [1.165, 1.54) is 12.1 Å². The van der Waals surface area contributed by atoms with Crippen LogP contribution in [0.5, 0.6) is 0 Å². The molecule has 1 aliphatic rings. The number of nitrogens with two attached hydrogens (primary N) is 1. The molecule has 0 bridgehead atoms. The molecule has 0 radical (unpaired) electrons. The Morgan fingerprint density at radius 2 is 2.29 bits per heavy atom. The molecule has 1 aromatic carbocycles. The van der Waals surface area contributed by atoms with E-state index in [4.69, 9.17) is 10.8 Å². The molecule has 1 heterocycles. The van der Waals surface area contributed by atoms with Crippen LogP contribution in [0.4, 0.5) is 15.8 Å². The molecule has 0 aliphatic carbocycles. The van der Waals surface area contributed by atoms with Crippen molar-refractivity contribution in [2.75, 3.05) is 30.3 Å². The van der Waals surface area contributed by atoms with E-state index >= 15 is 0 Å². The van der Waals surface area contributed by atoms with Gasteiger partial charge in [-0.2, -0.15) is 0 Å². The van der Waals surface area contributed by atoms with Crippen LogP contribution in [0.15, 0.2) is 18.2 Å². The Balaban J connectivity index is 2.13. The van der Waals surface area contributed by atoms with Gasteiger partial charge >= 0.3 is 0 Å². The number of hydrogen-bond acceptors (Lipinski definition) is 3. The van der Waals surface area contributed by atoms with E-state index in [1.807, 2.05) is 0 Å². The minimum absolute atomic E-state index is 0.219. The summed E-state index contributed by atoms with van der Waals surface area (Å²) < 4.78 is 13.2. The van der Waals surface area contributed by atoms with Gasteiger partial charge in [0.15, 0.2) is 0 Å². The van der Waals surface area contributed by atoms with Gasteiger partial charge < -0.3 is 15.7 Å². The molecule has 0 aromatic heterocycles. The number of anilines is 2. The van der Waals surface area contributed by atoms with Crippen molar-refractivity contribution in [1.29, 1.82) is 0 Å². The molecule has 3 N–H and O–H groups in total. The maximum atomic E-state index is 13.2. The van der Waals surface area contributed by atoms with Crippen LogP contribution >= 0.6 is 0 Å². The van der Waals surface area contributed by atoms with Crippen LogP contribution < -0.4 is 10.6 Å². The quantitative estimate of drug-likeness (QED) is 0.792. The van der Waals surface area contributed by atoms with Crippen molar-refractivity contribution in [2.45, 2.75) is 19.3 Å². The van der Waals surface area contributed by atoms with Crippen LogP contribution in [-0.4, -0.2) is 24.8 Å². The van der Waals surface area contributed by atoms with Crippen LogP contribution in [0, 0.1) is 11.7 Å². The molecule has 1 atom stereocenters. The summed E-state index contributed by atoms with van der Waals surface area (Å²) in [6.07, 6.45) is 3.01. The lowest BCUT2D eigenvalue weighted by Crippen LogP contribution is -2.36. The zero-order chi connectivity index (χ0) is 12.3. The average molecular weight is 238 g/mol. The average Bonchev–Trinajstić information content (AvgIpc) is 2.33. The SMILES string of the molecule is Nc1ccc(F)cc1N1CCCC(CCO)C1. The fourth-order valence-electron chi connectivity index (χ4n) is 2.49. The molecule has 2 rings (SSSR count). The van der Waals surface area contributed by atoms with Gasteiger partial charge in [-0.1, -0.05) is 0 Å². The fourth-order valence-corrected chi connectivity index (χ4v) is 2.49. The third-order valence-electron chi connectivity index (χ3n) is 3.39. The van der Waals surface area contributed by atoms with Crippen LogP contribution in [0.25, 0.3) is 0 Å². The van der Waals surface area contributed by atoms with Crippen LogP contribution in [0.2, 0.25) is 0 Å². The summed E-state index contributed by atoms with van der Waals surface area (Å²) in [6, 6.07) is 4.49. The number of nitrogens with zero attached hydrogens (tertiary/aromatic N) is 1. The molecule has 3 nitrogen and oxygen atoms in total. The van der Waals surface area contributed by atoms with E-state index in [2.05, 4.69) is 4.90 Å². The van der Waals surface area contributed by atoms with Gasteiger partial charge in [0.05, 0.1) is 11.4 Å². The predicted octanol–water partition coefficient (Wildman–Crippen LogP) is 2.01. The van der Waals surface area contributed by atoms with Crippen LogP contribution in [0.3, 0.4) is 0 Å². The zero-order valence-corrected chi connectivity index (χ0v) is 9.90. The molecule has 1 unspecified atom stereocenters. The zero-order valence-electron chi connectivity index (χ0n) is 9.90. The van der Waals surface area contributed by atoms with Gasteiger partial charge in [0, 0.05) is 19.7 Å². The first-order valence-electron chi connectivity index (χ1n) is 6.11. The van der Waals surface area contributed by atoms with Crippen molar-refractivity contribution < 1.29 is 9.50 Å². The predicted molar refractivity (Wildman–Crippen MR) is 67.5 cm³/mol. The molecule has 1 fully saturated rings. The van der Waals surface area contributed by atoms with Crippen molar-refractivity contribution in [3.8, 4) is 0 Å². The molecule has 1 aromatic rings. The topological polar surface area (TPSA) is 49.5 Å². The van der Waals surface area contributed by atoms with Crippen LogP contribution in [0.1, 0.15) is 19.3 Å². The van der Waals surface area contributed by atoms with Gasteiger partial charge in [-0.25, -0.2) is 4.39 Å². The first-order chi connectivity index (χ1) is 8.20. The Morgan fingerprint density at radius 1 is 1.47 bits per heavy atom. The van der Waals surface area contributed by atoms with E-state index in [0.717, 1.165) is 38.0 Å². The number of benzene rings is 1. The van der Waals surface area contributed by atoms with Gasteiger partial charge in [-0.05, 0) is 43.4 Å². The molecule has 1 saturated heterocycles. The van der Waals surface area contributed by atoms with Crippen molar-refractivity contribution in [2.24, 2.45) is 5.92 Å². The molecule has 4 heteroatoms. The molecule has 1 aliphatic heterocycles. The molecule has 94 valence electrons. The highest BCUT2D eigenvalue weighted by atomic mass is 19.1. The number of piperidine rings is 1. The number of hydrogen-bond donors (Lipinski definition) is 2. The normalized spacial score (nSPS) is 20.6. The first-order valence-corrected chi connectivity index (χ1v) is 6.11. The summed E-state index contributed by atoms with van der Waals surface area (Å²) in [5.74, 6) is 0.231. The summed E-state index contributed by atoms with van der Waals surface area (Å²) >= 11 is 0. The summed E-state index contributed by atoms with van der Waals surface area (Å²) in [5.41, 5.74) is 7.29. The van der Waals surface area contributed by atoms with Crippen molar-refractivity contribution in [3.63, 3.8) is 0 Å². The number of rotatable bonds is 3. The highest BCUT2D eigenvalue weighted by Gasteiger charge is 2.21. The van der Waals surface area contributed by atoms with Crippen molar-refractivity contribution >= 4 is 11.4 Å². The summed E-state index contributed by atoms with van der Waals surface area (Å²) in [5, 5.41) is 8.97. The first kappa shape index (κ1) is 12.2. The van der Waals surface area contributed by atoms with Crippen LogP contribution in [-0.2, 0) is 0 Å². The third kappa shape index (κ3) is 2.88. The van der Waals surface area contributed by atoms with Gasteiger partial charge in [0.25, 0.3) is 0 Å². The minimum Gasteiger partial charge on any atom is -0.397 e. The number of halogens is 1. The standard InChI is InChI=1S/C13H19FN2O/c14-11-3-4-12(15)13(8-11)16-6-1-2-10(9-16)5-7-17/h3-4,8,10,17H,1-2,5-7,9,15H2. The molecule has 0 spiro atoms. The Morgan fingerprint density at radius 3 is 3.06 bits per heavy atom. The highest BCUT2D eigenvalue weighted by molar-refractivity contribution is 5.67. The Kier molecular flexibility index (Phi) is 3.84. The molecule has 0 amide bonds. The number of nitrogen functional groups attached to an aromatic ring is 1. The smallest absolute Gasteiger partial charge is 0.125 e. The molecular formula is C13H19FN2O. The van der Waals surface area contributed by atoms with Gasteiger partial charge in [0.1, 0.15) is 5.82 Å².